The summed E-state index contributed by atoms with van der Waals surface area (Å²) in [4.78, 5) is 64.4. The predicted octanol–water partition coefficient (Wildman–Crippen LogP) is 4.49. The molecule has 3 aromatic heterocycles. The summed E-state index contributed by atoms with van der Waals surface area (Å²) in [5.41, 5.74) is -2.18. The van der Waals surface area contributed by atoms with Crippen LogP contribution in [0.15, 0.2) is 59.9 Å². The number of H-pyrrole nitrogens is 1. The maximum absolute atomic E-state index is 13.4. The van der Waals surface area contributed by atoms with E-state index < -0.39 is 53.3 Å². The molecule has 1 aromatic carbocycles. The van der Waals surface area contributed by atoms with Crippen molar-refractivity contribution in [1.82, 2.24) is 19.9 Å². The lowest BCUT2D eigenvalue weighted by molar-refractivity contribution is -0.204. The lowest BCUT2D eigenvalue weighted by Crippen LogP contribution is -2.42. The van der Waals surface area contributed by atoms with Gasteiger partial charge in [0.1, 0.15) is 11.3 Å². The Balaban J connectivity index is 1.54. The number of benzene rings is 1. The number of anilines is 2. The molecule has 0 radical (unpaired) electrons. The van der Waals surface area contributed by atoms with Crippen LogP contribution in [0.1, 0.15) is 18.1 Å². The van der Waals surface area contributed by atoms with E-state index in [9.17, 15) is 45.5 Å². The first-order valence-corrected chi connectivity index (χ1v) is 12.3. The Labute approximate surface area is 240 Å². The van der Waals surface area contributed by atoms with Gasteiger partial charge in [0.05, 0.1) is 29.3 Å². The highest BCUT2D eigenvalue weighted by molar-refractivity contribution is 6.28. The van der Waals surface area contributed by atoms with Gasteiger partial charge in [-0.3, -0.25) is 14.6 Å². The largest absolute Gasteiger partial charge is 0.491 e. The number of esters is 1. The highest BCUT2D eigenvalue weighted by Crippen LogP contribution is 2.37. The van der Waals surface area contributed by atoms with Crippen molar-refractivity contribution in [1.29, 1.82) is 0 Å². The fraction of sp³-hybridized carbons (Fsp3) is 0.192. The van der Waals surface area contributed by atoms with E-state index in [1.807, 2.05) is 0 Å². The number of urea groups is 1. The molecule has 44 heavy (non-hydrogen) atoms. The molecule has 1 aliphatic rings. The first-order valence-electron chi connectivity index (χ1n) is 12.3. The first-order chi connectivity index (χ1) is 20.7. The number of amides is 3. The number of aromatic amines is 1. The molecule has 0 aliphatic carbocycles. The number of alkyl halides is 6. The van der Waals surface area contributed by atoms with Crippen LogP contribution >= 0.6 is 0 Å². The van der Waals surface area contributed by atoms with E-state index >= 15 is 0 Å². The van der Waals surface area contributed by atoms with Gasteiger partial charge in [-0.25, -0.2) is 29.4 Å². The topological polar surface area (TPSA) is 148 Å². The molecule has 18 heteroatoms. The zero-order valence-corrected chi connectivity index (χ0v) is 21.9. The number of hydrogen-bond donors (Lipinski definition) is 1. The van der Waals surface area contributed by atoms with Gasteiger partial charge in [0.2, 0.25) is 0 Å². The van der Waals surface area contributed by atoms with Gasteiger partial charge in [0.25, 0.3) is 17.7 Å². The Kier molecular flexibility index (Phi) is 7.44. The highest BCUT2D eigenvalue weighted by Gasteiger charge is 2.53. The maximum atomic E-state index is 13.4. The lowest BCUT2D eigenvalue weighted by atomic mass is 10.1. The molecule has 5 rings (SSSR count). The number of ether oxygens (including phenoxy) is 2. The Morgan fingerprint density at radius 1 is 0.955 bits per heavy atom. The van der Waals surface area contributed by atoms with E-state index in [1.165, 1.54) is 30.5 Å². The number of pyridine rings is 2. The summed E-state index contributed by atoms with van der Waals surface area (Å²) in [7, 11) is 0. The van der Waals surface area contributed by atoms with Gasteiger partial charge in [-0.05, 0) is 36.2 Å². The number of nitrogens with one attached hydrogen (secondary N) is 1. The van der Waals surface area contributed by atoms with E-state index in [1.54, 1.807) is 6.92 Å². The average molecular weight is 622 g/mol. The van der Waals surface area contributed by atoms with Crippen LogP contribution in [0.25, 0.3) is 11.2 Å². The van der Waals surface area contributed by atoms with Crippen molar-refractivity contribution in [3.63, 3.8) is 0 Å². The molecule has 0 saturated carbocycles. The normalized spacial score (nSPS) is 15.7. The third kappa shape index (κ3) is 5.60. The molecule has 4 aromatic rings. The smallest absolute Gasteiger partial charge is 0.455 e. The summed E-state index contributed by atoms with van der Waals surface area (Å²) < 4.78 is 89.3. The first kappa shape index (κ1) is 29.9. The third-order valence-corrected chi connectivity index (χ3v) is 6.19. The summed E-state index contributed by atoms with van der Waals surface area (Å²) in [6.45, 7) is 1.68. The quantitative estimate of drug-likeness (QED) is 0.187. The number of rotatable bonds is 6. The average Bonchev–Trinajstić information content (AvgIpc) is 3.20. The Morgan fingerprint density at radius 3 is 2.39 bits per heavy atom. The number of hydrogen-bond acceptors (Lipinski definition) is 9. The second-order valence-corrected chi connectivity index (χ2v) is 9.01. The molecule has 1 N–H and O–H groups in total. The number of halogens is 6. The molecule has 3 amide bonds. The summed E-state index contributed by atoms with van der Waals surface area (Å²) in [6, 6.07) is 4.18. The van der Waals surface area contributed by atoms with Crippen LogP contribution in [0.5, 0.6) is 11.5 Å². The summed E-state index contributed by atoms with van der Waals surface area (Å²) in [5, 5.41) is 0. The molecule has 1 aliphatic heterocycles. The summed E-state index contributed by atoms with van der Waals surface area (Å²) >= 11 is 0. The highest BCUT2D eigenvalue weighted by atomic mass is 19.4. The van der Waals surface area contributed by atoms with Crippen LogP contribution in [-0.2, 0) is 26.9 Å². The molecular weight excluding hydrogens is 606 g/mol. The molecule has 0 bridgehead atoms. The molecule has 1 saturated heterocycles. The lowest BCUT2D eigenvalue weighted by Gasteiger charge is -2.22. The van der Waals surface area contributed by atoms with Crippen molar-refractivity contribution in [3.05, 3.63) is 76.6 Å². The van der Waals surface area contributed by atoms with Crippen molar-refractivity contribution in [3.8, 4) is 11.5 Å². The molecule has 4 heterocycles. The minimum absolute atomic E-state index is 0.126. The molecule has 1 unspecified atom stereocenters. The molecular formula is C26H16F6N6O6. The van der Waals surface area contributed by atoms with Crippen molar-refractivity contribution in [2.24, 2.45) is 0 Å². The van der Waals surface area contributed by atoms with Gasteiger partial charge in [-0.1, -0.05) is 6.92 Å². The predicted molar refractivity (Wildman–Crippen MR) is 137 cm³/mol. The summed E-state index contributed by atoms with van der Waals surface area (Å²) in [6.07, 6.45) is -9.51. The molecule has 12 nitrogen and oxygen atoms in total. The van der Waals surface area contributed by atoms with Crippen LogP contribution in [0.3, 0.4) is 0 Å². The monoisotopic (exact) mass is 622 g/mol. The Morgan fingerprint density at radius 2 is 1.70 bits per heavy atom. The van der Waals surface area contributed by atoms with Crippen molar-refractivity contribution in [2.45, 2.75) is 31.9 Å². The number of aryl methyl sites for hydroxylation is 1. The van der Waals surface area contributed by atoms with E-state index in [0.29, 0.717) is 28.9 Å². The minimum Gasteiger partial charge on any atom is -0.455 e. The molecule has 1 atom stereocenters. The van der Waals surface area contributed by atoms with E-state index in [-0.39, 0.29) is 39.7 Å². The fourth-order valence-electron chi connectivity index (χ4n) is 4.20. The Bertz CT molecular complexity index is 1860. The van der Waals surface area contributed by atoms with Crippen molar-refractivity contribution < 1.29 is 50.2 Å². The molecule has 0 spiro atoms. The van der Waals surface area contributed by atoms with Crippen molar-refractivity contribution in [2.75, 3.05) is 9.80 Å². The maximum Gasteiger partial charge on any atom is 0.491 e. The minimum atomic E-state index is -5.60. The van der Waals surface area contributed by atoms with Crippen LogP contribution in [0.2, 0.25) is 0 Å². The molecule has 228 valence electrons. The van der Waals surface area contributed by atoms with Gasteiger partial charge in [0.15, 0.2) is 11.4 Å². The Hall–Kier alpha value is -5.55. The van der Waals surface area contributed by atoms with Crippen LogP contribution in [0, 0.1) is 0 Å². The number of aromatic nitrogens is 4. The SMILES string of the molecule is CCc1cc(N2C(=O)C(OC(=O)C(F)(F)F)N(c3cncc(C(F)(F)F)c3)C2=O)ccc1Oc1ccnc2[nH]c(=O)cnc12. The third-order valence-electron chi connectivity index (χ3n) is 6.19. The van der Waals surface area contributed by atoms with Gasteiger partial charge >= 0.3 is 24.4 Å². The van der Waals surface area contributed by atoms with Gasteiger partial charge in [-0.2, -0.15) is 26.3 Å². The second kappa shape index (κ2) is 10.9. The molecule has 1 fully saturated rings. The standard InChI is InChI=1S/C26H16F6N6O6/c1-2-12-7-14(3-4-16(12)43-17-5-6-34-20-19(17)35-11-18(39)36-20)37-21(40)22(44-23(41)26(30,31)32)38(24(37)42)15-8-13(9-33-10-15)25(27,28)29/h3-11,22H,2H2,1H3,(H,34,36,39). The number of carbonyl (C=O) groups is 3. The van der Waals surface area contributed by atoms with E-state index in [0.717, 1.165) is 6.20 Å². The van der Waals surface area contributed by atoms with Gasteiger partial charge in [0, 0.05) is 18.5 Å². The number of carbonyl (C=O) groups excluding carboxylic acids is 3. The van der Waals surface area contributed by atoms with Gasteiger partial charge in [-0.15, -0.1) is 0 Å². The van der Waals surface area contributed by atoms with Gasteiger partial charge < -0.3 is 14.5 Å². The fourth-order valence-corrected chi connectivity index (χ4v) is 4.20. The number of nitrogens with zero attached hydrogens (tertiary/aromatic N) is 5. The number of imide groups is 1. The zero-order valence-electron chi connectivity index (χ0n) is 21.9. The summed E-state index contributed by atoms with van der Waals surface area (Å²) in [5.74, 6) is -3.99. The number of fused-ring (bicyclic) bond motifs is 1. The van der Waals surface area contributed by atoms with Crippen LogP contribution in [0.4, 0.5) is 42.5 Å². The second-order valence-electron chi connectivity index (χ2n) is 9.01. The van der Waals surface area contributed by atoms with Crippen LogP contribution in [-0.4, -0.2) is 50.2 Å². The van der Waals surface area contributed by atoms with E-state index in [4.69, 9.17) is 4.74 Å². The van der Waals surface area contributed by atoms with Crippen LogP contribution < -0.4 is 20.1 Å². The zero-order chi connectivity index (χ0) is 32.0. The van der Waals surface area contributed by atoms with E-state index in [2.05, 4.69) is 24.7 Å². The van der Waals surface area contributed by atoms with Crippen molar-refractivity contribution >= 4 is 40.4 Å².